The van der Waals surface area contributed by atoms with E-state index in [-0.39, 0.29) is 11.9 Å². The average molecular weight is 385 g/mol. The third kappa shape index (κ3) is 3.51. The van der Waals surface area contributed by atoms with Gasteiger partial charge in [-0.15, -0.1) is 0 Å². The van der Waals surface area contributed by atoms with E-state index < -0.39 is 0 Å². The van der Waals surface area contributed by atoms with Gasteiger partial charge in [-0.1, -0.05) is 36.4 Å². The van der Waals surface area contributed by atoms with E-state index in [1.807, 2.05) is 59.8 Å². The molecule has 29 heavy (non-hydrogen) atoms. The number of hydrogen-bond donors (Lipinski definition) is 0. The van der Waals surface area contributed by atoms with Gasteiger partial charge in [-0.25, -0.2) is 9.97 Å². The molecule has 0 radical (unpaired) electrons. The minimum Gasteiger partial charge on any atom is -0.331 e. The van der Waals surface area contributed by atoms with Crippen molar-refractivity contribution >= 4 is 5.91 Å². The summed E-state index contributed by atoms with van der Waals surface area (Å²) in [7, 11) is 0. The molecule has 1 fully saturated rings. The van der Waals surface area contributed by atoms with Crippen molar-refractivity contribution in [3.63, 3.8) is 0 Å². The molecule has 146 valence electrons. The van der Waals surface area contributed by atoms with Crippen LogP contribution in [0, 0.1) is 0 Å². The molecule has 0 bridgehead atoms. The number of amides is 1. The molecule has 6 heteroatoms. The Bertz CT molecular complexity index is 1000. The van der Waals surface area contributed by atoms with Crippen LogP contribution in [-0.2, 0) is 17.9 Å². The van der Waals surface area contributed by atoms with Gasteiger partial charge in [0.25, 0.3) is 0 Å². The van der Waals surface area contributed by atoms with E-state index in [4.69, 9.17) is 4.98 Å². The minimum atomic E-state index is -0.276. The van der Waals surface area contributed by atoms with Crippen LogP contribution in [-0.4, -0.2) is 43.7 Å². The Morgan fingerprint density at radius 3 is 2.55 bits per heavy atom. The van der Waals surface area contributed by atoms with Gasteiger partial charge in [0.15, 0.2) is 5.82 Å². The molecule has 1 aromatic carbocycles. The quantitative estimate of drug-likeness (QED) is 0.690. The highest BCUT2D eigenvalue weighted by atomic mass is 16.2. The topological polar surface area (TPSA) is 62.2 Å². The van der Waals surface area contributed by atoms with E-state index >= 15 is 0 Å². The maximum absolute atomic E-state index is 13.6. The second-order valence-corrected chi connectivity index (χ2v) is 7.66. The maximum atomic E-state index is 13.6. The number of rotatable bonds is 4. The van der Waals surface area contributed by atoms with Gasteiger partial charge in [0.05, 0.1) is 12.2 Å². The number of aromatic nitrogens is 3. The van der Waals surface area contributed by atoms with Gasteiger partial charge in [0.1, 0.15) is 6.04 Å². The summed E-state index contributed by atoms with van der Waals surface area (Å²) in [6, 6.07) is 13.6. The molecule has 0 spiro atoms. The number of hydrogen-bond acceptors (Lipinski definition) is 5. The first-order valence-electron chi connectivity index (χ1n) is 10.1. The summed E-state index contributed by atoms with van der Waals surface area (Å²) >= 11 is 0. The number of pyridine rings is 1. The van der Waals surface area contributed by atoms with Crippen LogP contribution in [0.5, 0.6) is 0 Å². The molecule has 5 rings (SSSR count). The molecule has 2 aliphatic heterocycles. The van der Waals surface area contributed by atoms with Crippen molar-refractivity contribution in [2.24, 2.45) is 0 Å². The molecular formula is C23H23N5O. The fraction of sp³-hybridized carbons (Fsp3) is 0.304. The lowest BCUT2D eigenvalue weighted by atomic mass is 10.1. The number of benzene rings is 1. The molecule has 0 saturated carbocycles. The van der Waals surface area contributed by atoms with Gasteiger partial charge >= 0.3 is 0 Å². The lowest BCUT2D eigenvalue weighted by molar-refractivity contribution is -0.137. The number of nitrogens with zero attached hydrogens (tertiary/aromatic N) is 5. The molecule has 2 aliphatic rings. The smallest absolute Gasteiger partial charge is 0.245 e. The van der Waals surface area contributed by atoms with E-state index in [1.165, 1.54) is 0 Å². The van der Waals surface area contributed by atoms with Crippen molar-refractivity contribution < 1.29 is 4.79 Å². The fourth-order valence-electron chi connectivity index (χ4n) is 4.26. The van der Waals surface area contributed by atoms with Crippen LogP contribution in [0.3, 0.4) is 0 Å². The van der Waals surface area contributed by atoms with Gasteiger partial charge in [0.2, 0.25) is 5.91 Å². The number of carbonyl (C=O) groups excluding carboxylic acids is 1. The molecule has 1 amide bonds. The standard InChI is InChI=1S/C23H23N5O/c29-23(21(27-11-4-5-12-27)18-9-6-10-24-13-18)28-15-19-14-25-22(26-20(19)16-28)17-7-2-1-3-8-17/h1-3,6-10,13-14,21H,4-5,11-12,15-16H2. The first kappa shape index (κ1) is 17.9. The minimum absolute atomic E-state index is 0.124. The zero-order valence-electron chi connectivity index (χ0n) is 16.2. The molecule has 0 N–H and O–H groups in total. The van der Waals surface area contributed by atoms with Gasteiger partial charge in [-0.05, 0) is 37.6 Å². The average Bonchev–Trinajstić information content (AvgIpc) is 3.45. The Morgan fingerprint density at radius 2 is 1.79 bits per heavy atom. The van der Waals surface area contributed by atoms with Gasteiger partial charge in [-0.2, -0.15) is 0 Å². The summed E-state index contributed by atoms with van der Waals surface area (Å²) in [5.74, 6) is 0.834. The molecule has 3 aromatic rings. The predicted molar refractivity (Wildman–Crippen MR) is 110 cm³/mol. The zero-order chi connectivity index (χ0) is 19.6. The Hall–Kier alpha value is -3.12. The van der Waals surface area contributed by atoms with E-state index in [1.54, 1.807) is 6.20 Å². The highest BCUT2D eigenvalue weighted by molar-refractivity contribution is 5.83. The van der Waals surface area contributed by atoms with Crippen molar-refractivity contribution in [2.75, 3.05) is 13.1 Å². The molecule has 0 aliphatic carbocycles. The third-order valence-corrected chi connectivity index (χ3v) is 5.74. The Balaban J connectivity index is 1.40. The van der Waals surface area contributed by atoms with Crippen molar-refractivity contribution in [2.45, 2.75) is 32.0 Å². The maximum Gasteiger partial charge on any atom is 0.245 e. The molecule has 1 unspecified atom stereocenters. The van der Waals surface area contributed by atoms with Gasteiger partial charge < -0.3 is 4.90 Å². The van der Waals surface area contributed by atoms with Crippen LogP contribution in [0.4, 0.5) is 0 Å². The summed E-state index contributed by atoms with van der Waals surface area (Å²) in [6.07, 6.45) is 7.71. The molecule has 1 saturated heterocycles. The fourth-order valence-corrected chi connectivity index (χ4v) is 4.26. The SMILES string of the molecule is O=C(C(c1cccnc1)N1CCCC1)N1Cc2cnc(-c3ccccc3)nc2C1. The highest BCUT2D eigenvalue weighted by Crippen LogP contribution is 2.31. The van der Waals surface area contributed by atoms with Crippen molar-refractivity contribution in [3.05, 3.63) is 77.9 Å². The largest absolute Gasteiger partial charge is 0.331 e. The number of carbonyl (C=O) groups is 1. The molecule has 4 heterocycles. The Labute approximate surface area is 170 Å². The monoisotopic (exact) mass is 385 g/mol. The molecule has 1 atom stereocenters. The first-order chi connectivity index (χ1) is 14.3. The second-order valence-electron chi connectivity index (χ2n) is 7.66. The van der Waals surface area contributed by atoms with E-state index in [0.717, 1.165) is 48.3 Å². The van der Waals surface area contributed by atoms with Gasteiger partial charge in [-0.3, -0.25) is 14.7 Å². The summed E-state index contributed by atoms with van der Waals surface area (Å²) in [5, 5.41) is 0. The second kappa shape index (κ2) is 7.72. The summed E-state index contributed by atoms with van der Waals surface area (Å²) < 4.78 is 0. The normalized spacial score (nSPS) is 17.3. The van der Waals surface area contributed by atoms with Crippen molar-refractivity contribution in [3.8, 4) is 11.4 Å². The summed E-state index contributed by atoms with van der Waals surface area (Å²) in [5.41, 5.74) is 3.93. The van der Waals surface area contributed by atoms with Gasteiger partial charge in [0, 0.05) is 36.3 Å². The summed E-state index contributed by atoms with van der Waals surface area (Å²) in [6.45, 7) is 2.99. The van der Waals surface area contributed by atoms with Crippen LogP contribution in [0.25, 0.3) is 11.4 Å². The van der Waals surface area contributed by atoms with E-state index in [2.05, 4.69) is 14.9 Å². The number of likely N-dealkylation sites (tertiary alicyclic amines) is 1. The van der Waals surface area contributed by atoms with Crippen LogP contribution < -0.4 is 0 Å². The molecule has 6 nitrogen and oxygen atoms in total. The van der Waals surface area contributed by atoms with Crippen LogP contribution in [0.1, 0.15) is 35.7 Å². The van der Waals surface area contributed by atoms with E-state index in [9.17, 15) is 4.79 Å². The van der Waals surface area contributed by atoms with Crippen LogP contribution in [0.2, 0.25) is 0 Å². The Morgan fingerprint density at radius 1 is 0.966 bits per heavy atom. The zero-order valence-corrected chi connectivity index (χ0v) is 16.2. The van der Waals surface area contributed by atoms with Crippen molar-refractivity contribution in [1.29, 1.82) is 0 Å². The molecular weight excluding hydrogens is 362 g/mol. The number of fused-ring (bicyclic) bond motifs is 1. The van der Waals surface area contributed by atoms with Crippen LogP contribution in [0.15, 0.2) is 61.1 Å². The summed E-state index contributed by atoms with van der Waals surface area (Å²) in [4.78, 5) is 31.3. The highest BCUT2D eigenvalue weighted by Gasteiger charge is 2.35. The first-order valence-corrected chi connectivity index (χ1v) is 10.1. The molecule has 2 aromatic heterocycles. The van der Waals surface area contributed by atoms with E-state index in [0.29, 0.717) is 18.9 Å². The van der Waals surface area contributed by atoms with Crippen molar-refractivity contribution in [1.82, 2.24) is 24.8 Å². The Kier molecular flexibility index (Phi) is 4.77. The lowest BCUT2D eigenvalue weighted by Crippen LogP contribution is -2.40. The lowest BCUT2D eigenvalue weighted by Gasteiger charge is -2.30. The third-order valence-electron chi connectivity index (χ3n) is 5.74. The predicted octanol–water partition coefficient (Wildman–Crippen LogP) is 3.22. The van der Waals surface area contributed by atoms with Crippen LogP contribution >= 0.6 is 0 Å².